The minimum atomic E-state index is -3.53. The highest BCUT2D eigenvalue weighted by Gasteiger charge is 2.30. The number of anilines is 2. The number of nitrogens with two attached hydrogens (primary N) is 1. The lowest BCUT2D eigenvalue weighted by molar-refractivity contribution is 0.266. The number of hydrogen-bond acceptors (Lipinski definition) is 7. The lowest BCUT2D eigenvalue weighted by Gasteiger charge is -2.30. The number of fused-ring (bicyclic) bond motifs is 3. The first kappa shape index (κ1) is 23.6. The van der Waals surface area contributed by atoms with E-state index >= 15 is 0 Å². The highest BCUT2D eigenvalue weighted by atomic mass is 32.2. The Kier molecular flexibility index (Phi) is 6.37. The molecule has 0 aliphatic carbocycles. The zero-order chi connectivity index (χ0) is 24.6. The van der Waals surface area contributed by atoms with E-state index < -0.39 is 10.0 Å². The van der Waals surface area contributed by atoms with Crippen molar-refractivity contribution in [2.45, 2.75) is 44.2 Å². The van der Waals surface area contributed by atoms with E-state index in [1.807, 2.05) is 22.9 Å². The second-order valence-corrected chi connectivity index (χ2v) is 11.1. The van der Waals surface area contributed by atoms with Gasteiger partial charge in [0.1, 0.15) is 11.3 Å². The molecule has 0 spiro atoms. The number of piperidine rings is 1. The molecule has 0 bridgehead atoms. The van der Waals surface area contributed by atoms with Crippen molar-refractivity contribution in [1.82, 2.24) is 28.6 Å². The highest BCUT2D eigenvalue weighted by molar-refractivity contribution is 7.89. The molecule has 35 heavy (non-hydrogen) atoms. The third-order valence-corrected chi connectivity index (χ3v) is 8.53. The van der Waals surface area contributed by atoms with Crippen molar-refractivity contribution < 1.29 is 8.42 Å². The lowest BCUT2D eigenvalue weighted by Crippen LogP contribution is -2.38. The van der Waals surface area contributed by atoms with Crippen LogP contribution in [0.4, 0.5) is 11.6 Å². The van der Waals surface area contributed by atoms with Gasteiger partial charge in [0.25, 0.3) is 10.0 Å². The predicted molar refractivity (Wildman–Crippen MR) is 138 cm³/mol. The summed E-state index contributed by atoms with van der Waals surface area (Å²) >= 11 is 0. The molecule has 3 N–H and O–H groups in total. The van der Waals surface area contributed by atoms with Crippen molar-refractivity contribution in [2.75, 3.05) is 30.7 Å². The fourth-order valence-corrected chi connectivity index (χ4v) is 6.34. The van der Waals surface area contributed by atoms with Gasteiger partial charge in [-0.1, -0.05) is 25.1 Å². The average molecular weight is 497 g/mol. The Hall–Kier alpha value is -3.18. The summed E-state index contributed by atoms with van der Waals surface area (Å²) < 4.78 is 30.9. The van der Waals surface area contributed by atoms with Crippen molar-refractivity contribution in [3.05, 3.63) is 36.8 Å². The van der Waals surface area contributed by atoms with Crippen molar-refractivity contribution in [2.24, 2.45) is 13.0 Å². The quantitative estimate of drug-likeness (QED) is 0.384. The molecule has 1 fully saturated rings. The van der Waals surface area contributed by atoms with Gasteiger partial charge in [-0.15, -0.1) is 0 Å². The van der Waals surface area contributed by atoms with Crippen LogP contribution >= 0.6 is 0 Å². The first-order valence-corrected chi connectivity index (χ1v) is 13.6. The molecule has 186 valence electrons. The Balaban J connectivity index is 1.28. The Labute approximate surface area is 205 Å². The predicted octanol–water partition coefficient (Wildman–Crippen LogP) is 3.21. The molecule has 0 saturated carbocycles. The van der Waals surface area contributed by atoms with Gasteiger partial charge in [-0.3, -0.25) is 0 Å². The molecule has 3 aromatic heterocycles. The molecular weight excluding hydrogens is 464 g/mol. The molecule has 1 aliphatic rings. The van der Waals surface area contributed by atoms with Gasteiger partial charge in [-0.05, 0) is 37.7 Å². The number of nitrogens with zero attached hydrogens (tertiary/aromatic N) is 6. The molecule has 1 saturated heterocycles. The first-order chi connectivity index (χ1) is 16.9. The lowest BCUT2D eigenvalue weighted by atomic mass is 9.95. The molecule has 10 nitrogen and oxygen atoms in total. The highest BCUT2D eigenvalue weighted by Crippen LogP contribution is 2.34. The van der Waals surface area contributed by atoms with Crippen LogP contribution in [0.2, 0.25) is 0 Å². The number of aryl methyl sites for hydroxylation is 2. The molecule has 1 aliphatic heterocycles. The van der Waals surface area contributed by atoms with Gasteiger partial charge in [0.2, 0.25) is 0 Å². The Morgan fingerprint density at radius 3 is 2.69 bits per heavy atom. The Morgan fingerprint density at radius 1 is 1.20 bits per heavy atom. The van der Waals surface area contributed by atoms with E-state index in [2.05, 4.69) is 28.3 Å². The average Bonchev–Trinajstić information content (AvgIpc) is 3.45. The number of para-hydroxylation sites is 1. The number of benzene rings is 1. The number of nitrogens with one attached hydrogen (secondary N) is 1. The van der Waals surface area contributed by atoms with Crippen LogP contribution in [0.15, 0.2) is 41.8 Å². The van der Waals surface area contributed by atoms with Crippen LogP contribution in [0.3, 0.4) is 0 Å². The van der Waals surface area contributed by atoms with Crippen LogP contribution in [0, 0.1) is 5.92 Å². The number of nitrogen functional groups attached to an aromatic ring is 1. The molecule has 4 heterocycles. The first-order valence-electron chi connectivity index (χ1n) is 12.1. The van der Waals surface area contributed by atoms with Crippen LogP contribution in [0.5, 0.6) is 0 Å². The van der Waals surface area contributed by atoms with Crippen LogP contribution in [-0.2, 0) is 23.6 Å². The van der Waals surface area contributed by atoms with Crippen LogP contribution in [-0.4, -0.2) is 56.7 Å². The monoisotopic (exact) mass is 496 g/mol. The van der Waals surface area contributed by atoms with E-state index in [9.17, 15) is 8.42 Å². The molecule has 11 heteroatoms. The molecule has 5 rings (SSSR count). The summed E-state index contributed by atoms with van der Waals surface area (Å²) in [4.78, 5) is 8.57. The molecule has 1 aromatic carbocycles. The fraction of sp³-hybridized carbons (Fsp3) is 0.458. The van der Waals surface area contributed by atoms with Crippen molar-refractivity contribution in [1.29, 1.82) is 0 Å². The largest absolute Gasteiger partial charge is 0.382 e. The zero-order valence-corrected chi connectivity index (χ0v) is 21.0. The fourth-order valence-electron chi connectivity index (χ4n) is 4.90. The summed E-state index contributed by atoms with van der Waals surface area (Å²) in [5.41, 5.74) is 7.85. The van der Waals surface area contributed by atoms with Gasteiger partial charge in [0.05, 0.1) is 17.2 Å². The standard InChI is InChI=1S/C24H32N8O2S/c1-3-12-32-24(21-18-6-4-5-7-19(18)28-23(25)22(21)29-32)26-11-8-17-9-13-31(14-10-17)35(33,34)20-15-30(2)16-27-20/h4-7,15-17,26H,3,8-14H2,1-2H3,(H2,25,28). The van der Waals surface area contributed by atoms with E-state index in [0.29, 0.717) is 24.8 Å². The maximum atomic E-state index is 12.8. The Morgan fingerprint density at radius 2 is 1.97 bits per heavy atom. The number of aromatic nitrogens is 5. The van der Waals surface area contributed by atoms with E-state index in [4.69, 9.17) is 10.8 Å². The van der Waals surface area contributed by atoms with E-state index in [1.165, 1.54) is 6.33 Å². The molecule has 0 amide bonds. The number of imidazole rings is 1. The Bertz CT molecular complexity index is 1450. The van der Waals surface area contributed by atoms with E-state index in [1.54, 1.807) is 22.1 Å². The minimum Gasteiger partial charge on any atom is -0.382 e. The SMILES string of the molecule is CCCn1nc2c(N)nc3ccccc3c2c1NCCC1CCN(S(=O)(=O)c2cn(C)cn2)CC1. The van der Waals surface area contributed by atoms with E-state index in [-0.39, 0.29) is 5.03 Å². The smallest absolute Gasteiger partial charge is 0.262 e. The van der Waals surface area contributed by atoms with Crippen molar-refractivity contribution >= 4 is 43.5 Å². The van der Waals surface area contributed by atoms with Gasteiger partial charge in [-0.2, -0.15) is 9.40 Å². The summed E-state index contributed by atoms with van der Waals surface area (Å²) in [7, 11) is -1.75. The normalized spacial score (nSPS) is 15.8. The number of hydrogen-bond donors (Lipinski definition) is 2. The van der Waals surface area contributed by atoms with Crippen molar-refractivity contribution in [3.63, 3.8) is 0 Å². The molecule has 0 radical (unpaired) electrons. The summed E-state index contributed by atoms with van der Waals surface area (Å²) in [6, 6.07) is 8.00. The maximum Gasteiger partial charge on any atom is 0.262 e. The van der Waals surface area contributed by atoms with Gasteiger partial charge < -0.3 is 15.6 Å². The summed E-state index contributed by atoms with van der Waals surface area (Å²) in [6.07, 6.45) is 6.66. The van der Waals surface area contributed by atoms with Gasteiger partial charge in [0, 0.05) is 44.8 Å². The summed E-state index contributed by atoms with van der Waals surface area (Å²) in [5.74, 6) is 1.87. The van der Waals surface area contributed by atoms with E-state index in [0.717, 1.165) is 66.4 Å². The molecule has 0 atom stereocenters. The summed E-state index contributed by atoms with van der Waals surface area (Å²) in [5, 5.41) is 10.6. The number of pyridine rings is 1. The minimum absolute atomic E-state index is 0.122. The molecular formula is C24H32N8O2S. The zero-order valence-electron chi connectivity index (χ0n) is 20.2. The van der Waals surface area contributed by atoms with Crippen LogP contribution in [0.1, 0.15) is 32.6 Å². The second kappa shape index (κ2) is 9.46. The third-order valence-electron chi connectivity index (χ3n) is 6.75. The molecule has 4 aromatic rings. The van der Waals surface area contributed by atoms with Gasteiger partial charge in [-0.25, -0.2) is 23.1 Å². The number of rotatable bonds is 8. The molecule has 0 unspecified atom stereocenters. The third kappa shape index (κ3) is 4.45. The van der Waals surface area contributed by atoms with Crippen LogP contribution in [0.25, 0.3) is 21.8 Å². The topological polar surface area (TPSA) is 124 Å². The van der Waals surface area contributed by atoms with Gasteiger partial charge in [0.15, 0.2) is 10.8 Å². The maximum absolute atomic E-state index is 12.8. The van der Waals surface area contributed by atoms with Crippen LogP contribution < -0.4 is 11.1 Å². The number of sulfonamides is 1. The summed E-state index contributed by atoms with van der Waals surface area (Å²) in [6.45, 7) is 4.73. The van der Waals surface area contributed by atoms with Crippen molar-refractivity contribution in [3.8, 4) is 0 Å². The second-order valence-electron chi connectivity index (χ2n) is 9.25. The van der Waals surface area contributed by atoms with Gasteiger partial charge >= 0.3 is 0 Å².